The largest absolute Gasteiger partial charge is 0.308 e. The first-order valence-corrected chi connectivity index (χ1v) is 8.08. The second-order valence-corrected chi connectivity index (χ2v) is 7.53. The molecule has 0 aromatic carbocycles. The van der Waals surface area contributed by atoms with Gasteiger partial charge in [-0.25, -0.2) is 0 Å². The summed E-state index contributed by atoms with van der Waals surface area (Å²) < 4.78 is 3.27. The van der Waals surface area contributed by atoms with Crippen LogP contribution in [0, 0.1) is 2.88 Å². The topological polar surface area (TPSA) is 42.7 Å². The van der Waals surface area contributed by atoms with E-state index in [9.17, 15) is 0 Å². The summed E-state index contributed by atoms with van der Waals surface area (Å²) in [6, 6.07) is 2.87. The van der Waals surface area contributed by atoms with Crippen LogP contribution in [-0.4, -0.2) is 21.5 Å². The number of hydrogen-bond donors (Lipinski definition) is 1. The van der Waals surface area contributed by atoms with Gasteiger partial charge in [-0.3, -0.25) is 4.68 Å². The maximum absolute atomic E-state index is 3.97. The van der Waals surface area contributed by atoms with Gasteiger partial charge in [0.2, 0.25) is 0 Å². The van der Waals surface area contributed by atoms with E-state index in [1.165, 1.54) is 27.7 Å². The summed E-state index contributed by atoms with van der Waals surface area (Å²) in [4.78, 5) is 1.57. The molecule has 0 spiro atoms. The van der Waals surface area contributed by atoms with Crippen molar-refractivity contribution in [2.75, 3.05) is 6.54 Å². The van der Waals surface area contributed by atoms with Crippen molar-refractivity contribution in [1.82, 2.24) is 20.3 Å². The van der Waals surface area contributed by atoms with E-state index in [1.807, 2.05) is 22.2 Å². The summed E-state index contributed by atoms with van der Waals surface area (Å²) in [6.07, 6.45) is 7.42. The number of nitrogens with zero attached hydrogens (tertiary/aromatic N) is 3. The van der Waals surface area contributed by atoms with Crippen molar-refractivity contribution in [3.63, 3.8) is 0 Å². The third kappa shape index (κ3) is 2.75. The average Bonchev–Trinajstić information content (AvgIpc) is 2.97. The number of fused-ring (bicyclic) bond motifs is 1. The van der Waals surface area contributed by atoms with Crippen molar-refractivity contribution in [2.45, 2.75) is 31.8 Å². The minimum atomic E-state index is 0.525. The van der Waals surface area contributed by atoms with E-state index in [0.717, 1.165) is 13.1 Å². The molecule has 1 aliphatic carbocycles. The van der Waals surface area contributed by atoms with Crippen LogP contribution in [0.1, 0.15) is 29.3 Å². The van der Waals surface area contributed by atoms with E-state index in [2.05, 4.69) is 44.3 Å². The predicted molar refractivity (Wildman–Crippen MR) is 80.7 cm³/mol. The molecule has 0 saturated carbocycles. The molecule has 1 atom stereocenters. The molecule has 0 amide bonds. The molecule has 1 N–H and O–H groups in total. The number of hydrogen-bond acceptors (Lipinski definition) is 4. The number of thiophene rings is 1. The summed E-state index contributed by atoms with van der Waals surface area (Å²) >= 11 is 4.37. The first kappa shape index (κ1) is 12.6. The van der Waals surface area contributed by atoms with Crippen molar-refractivity contribution < 1.29 is 0 Å². The van der Waals surface area contributed by atoms with E-state index in [0.29, 0.717) is 6.04 Å². The van der Waals surface area contributed by atoms with Gasteiger partial charge in [-0.15, -0.1) is 16.4 Å². The van der Waals surface area contributed by atoms with Gasteiger partial charge in [0.1, 0.15) is 0 Å². The Kier molecular flexibility index (Phi) is 3.95. The molecule has 0 aliphatic heterocycles. The maximum Gasteiger partial charge on any atom is 0.0692 e. The molecule has 0 fully saturated rings. The SMILES string of the molecule is Ic1cc2c(s1)CCCC2NCCn1ccnn1. The summed E-state index contributed by atoms with van der Waals surface area (Å²) in [5.74, 6) is 0. The number of aromatic nitrogens is 3. The molecule has 0 bridgehead atoms. The normalized spacial score (nSPS) is 18.8. The summed E-state index contributed by atoms with van der Waals surface area (Å²) in [7, 11) is 0. The summed E-state index contributed by atoms with van der Waals surface area (Å²) in [5.41, 5.74) is 1.52. The molecule has 2 aromatic heterocycles. The minimum absolute atomic E-state index is 0.525. The molecular weight excluding hydrogens is 359 g/mol. The highest BCUT2D eigenvalue weighted by molar-refractivity contribution is 14.1. The van der Waals surface area contributed by atoms with Gasteiger partial charge in [-0.2, -0.15) is 0 Å². The van der Waals surface area contributed by atoms with Crippen molar-refractivity contribution in [3.05, 3.63) is 31.8 Å². The average molecular weight is 374 g/mol. The lowest BCUT2D eigenvalue weighted by Gasteiger charge is -2.23. The zero-order chi connectivity index (χ0) is 12.4. The van der Waals surface area contributed by atoms with E-state index in [-0.39, 0.29) is 0 Å². The van der Waals surface area contributed by atoms with Crippen LogP contribution in [0.5, 0.6) is 0 Å². The van der Waals surface area contributed by atoms with Gasteiger partial charge in [-0.1, -0.05) is 5.21 Å². The van der Waals surface area contributed by atoms with Gasteiger partial charge in [0.05, 0.1) is 15.6 Å². The standard InChI is InChI=1S/C12H15IN4S/c13-12-8-9-10(2-1-3-11(9)18-12)14-4-6-17-7-5-15-16-17/h5,7-8,10,14H,1-4,6H2. The Labute approximate surface area is 124 Å². The van der Waals surface area contributed by atoms with Crippen LogP contribution in [0.3, 0.4) is 0 Å². The quantitative estimate of drug-likeness (QED) is 0.837. The zero-order valence-corrected chi connectivity index (χ0v) is 12.9. The van der Waals surface area contributed by atoms with Gasteiger partial charge >= 0.3 is 0 Å². The van der Waals surface area contributed by atoms with Crippen LogP contribution in [0.15, 0.2) is 18.5 Å². The van der Waals surface area contributed by atoms with Crippen molar-refractivity contribution >= 4 is 33.9 Å². The molecule has 2 aromatic rings. The highest BCUT2D eigenvalue weighted by Gasteiger charge is 2.21. The molecule has 6 heteroatoms. The van der Waals surface area contributed by atoms with Gasteiger partial charge in [0, 0.05) is 23.7 Å². The third-order valence-electron chi connectivity index (χ3n) is 3.29. The predicted octanol–water partition coefficient (Wildman–Crippen LogP) is 2.61. The first-order chi connectivity index (χ1) is 8.83. The summed E-state index contributed by atoms with van der Waals surface area (Å²) in [5, 5.41) is 11.4. The van der Waals surface area contributed by atoms with Gasteiger partial charge in [0.25, 0.3) is 0 Å². The van der Waals surface area contributed by atoms with Crippen LogP contribution >= 0.6 is 33.9 Å². The highest BCUT2D eigenvalue weighted by atomic mass is 127. The molecule has 1 aliphatic rings. The van der Waals surface area contributed by atoms with E-state index in [4.69, 9.17) is 0 Å². The zero-order valence-electron chi connectivity index (χ0n) is 9.97. The summed E-state index contributed by atoms with van der Waals surface area (Å²) in [6.45, 7) is 1.83. The Hall–Kier alpha value is -0.470. The molecule has 3 rings (SSSR count). The van der Waals surface area contributed by atoms with E-state index < -0.39 is 0 Å². The number of halogens is 1. The fraction of sp³-hybridized carbons (Fsp3) is 0.500. The molecule has 2 heterocycles. The Balaban J connectivity index is 1.60. The van der Waals surface area contributed by atoms with Crippen LogP contribution in [-0.2, 0) is 13.0 Å². The Bertz CT molecular complexity index is 508. The lowest BCUT2D eigenvalue weighted by molar-refractivity contribution is 0.437. The maximum atomic E-state index is 3.97. The Morgan fingerprint density at radius 3 is 3.33 bits per heavy atom. The Morgan fingerprint density at radius 2 is 2.50 bits per heavy atom. The van der Waals surface area contributed by atoms with Gasteiger partial charge < -0.3 is 5.32 Å². The molecular formula is C12H15IN4S. The first-order valence-electron chi connectivity index (χ1n) is 6.18. The number of rotatable bonds is 4. The molecule has 0 saturated heterocycles. The second kappa shape index (κ2) is 5.66. The lowest BCUT2D eigenvalue weighted by atomic mass is 9.94. The molecule has 0 radical (unpaired) electrons. The number of nitrogens with one attached hydrogen (secondary N) is 1. The van der Waals surface area contributed by atoms with Crippen molar-refractivity contribution in [2.24, 2.45) is 0 Å². The van der Waals surface area contributed by atoms with Crippen LogP contribution in [0.25, 0.3) is 0 Å². The highest BCUT2D eigenvalue weighted by Crippen LogP contribution is 2.36. The second-order valence-electron chi connectivity index (χ2n) is 4.49. The monoisotopic (exact) mass is 374 g/mol. The van der Waals surface area contributed by atoms with E-state index >= 15 is 0 Å². The smallest absolute Gasteiger partial charge is 0.0692 e. The molecule has 18 heavy (non-hydrogen) atoms. The van der Waals surface area contributed by atoms with Gasteiger partial charge in [0.15, 0.2) is 0 Å². The lowest BCUT2D eigenvalue weighted by Crippen LogP contribution is -2.27. The van der Waals surface area contributed by atoms with Crippen LogP contribution < -0.4 is 5.32 Å². The molecule has 4 nitrogen and oxygen atoms in total. The third-order valence-corrected chi connectivity index (χ3v) is 5.26. The van der Waals surface area contributed by atoms with Crippen molar-refractivity contribution in [3.8, 4) is 0 Å². The fourth-order valence-corrected chi connectivity index (χ4v) is 4.56. The number of aryl methyl sites for hydroxylation is 1. The van der Waals surface area contributed by atoms with Gasteiger partial charge in [-0.05, 0) is 53.5 Å². The molecule has 96 valence electrons. The molecule has 1 unspecified atom stereocenters. The Morgan fingerprint density at radius 1 is 1.56 bits per heavy atom. The minimum Gasteiger partial charge on any atom is -0.308 e. The van der Waals surface area contributed by atoms with E-state index in [1.54, 1.807) is 11.1 Å². The van der Waals surface area contributed by atoms with Crippen molar-refractivity contribution in [1.29, 1.82) is 0 Å². The van der Waals surface area contributed by atoms with Crippen LogP contribution in [0.2, 0.25) is 0 Å². The fourth-order valence-electron chi connectivity index (χ4n) is 2.44. The van der Waals surface area contributed by atoms with Crippen LogP contribution in [0.4, 0.5) is 0 Å².